The fourth-order valence-electron chi connectivity index (χ4n) is 1.68. The van der Waals surface area contributed by atoms with Crippen LogP contribution in [0.5, 0.6) is 5.75 Å². The third-order valence-corrected chi connectivity index (χ3v) is 3.81. The Bertz CT molecular complexity index is 692. The van der Waals surface area contributed by atoms with E-state index in [2.05, 4.69) is 10.6 Å². The van der Waals surface area contributed by atoms with Gasteiger partial charge in [-0.1, -0.05) is 40.9 Å². The van der Waals surface area contributed by atoms with Crippen molar-refractivity contribution in [3.63, 3.8) is 0 Å². The van der Waals surface area contributed by atoms with Crippen molar-refractivity contribution in [1.29, 1.82) is 0 Å². The largest absolute Gasteiger partial charge is 0.472 e. The molecule has 2 amide bonds. The van der Waals surface area contributed by atoms with Crippen molar-refractivity contribution in [1.82, 2.24) is 5.32 Å². The van der Waals surface area contributed by atoms with Gasteiger partial charge in [0.15, 0.2) is 6.73 Å². The van der Waals surface area contributed by atoms with Crippen molar-refractivity contribution in [3.8, 4) is 5.75 Å². The fourth-order valence-corrected chi connectivity index (χ4v) is 2.32. The quantitative estimate of drug-likeness (QED) is 0.745. The van der Waals surface area contributed by atoms with Gasteiger partial charge in [0, 0.05) is 15.7 Å². The van der Waals surface area contributed by atoms with E-state index < -0.39 is 6.03 Å². The molecule has 2 rings (SSSR count). The normalized spacial score (nSPS) is 10.2. The number of carbonyl (C=O) groups excluding carboxylic acids is 1. The number of halogens is 3. The minimum absolute atomic E-state index is 0.0349. The second kappa shape index (κ2) is 7.58. The first-order chi connectivity index (χ1) is 10.5. The van der Waals surface area contributed by atoms with E-state index in [0.717, 1.165) is 5.56 Å². The van der Waals surface area contributed by atoms with E-state index in [0.29, 0.717) is 26.5 Å². The Kier molecular flexibility index (Phi) is 5.77. The van der Waals surface area contributed by atoms with Crippen LogP contribution in [0.2, 0.25) is 15.1 Å². The molecular weight excluding hydrogens is 347 g/mol. The molecule has 0 saturated carbocycles. The molecule has 0 heterocycles. The van der Waals surface area contributed by atoms with Gasteiger partial charge in [0.1, 0.15) is 5.75 Å². The first-order valence-electron chi connectivity index (χ1n) is 6.35. The average molecular weight is 360 g/mol. The molecule has 0 bridgehead atoms. The zero-order valence-electron chi connectivity index (χ0n) is 11.6. The summed E-state index contributed by atoms with van der Waals surface area (Å²) in [7, 11) is 0. The fraction of sp³-hybridized carbons (Fsp3) is 0.133. The van der Waals surface area contributed by atoms with Crippen molar-refractivity contribution in [2.75, 3.05) is 12.0 Å². The number of urea groups is 1. The molecule has 7 heteroatoms. The van der Waals surface area contributed by atoms with Crippen LogP contribution in [0.4, 0.5) is 10.5 Å². The minimum Gasteiger partial charge on any atom is -0.472 e. The number of benzene rings is 2. The first-order valence-corrected chi connectivity index (χ1v) is 7.48. The van der Waals surface area contributed by atoms with Crippen LogP contribution >= 0.6 is 34.8 Å². The summed E-state index contributed by atoms with van der Waals surface area (Å²) in [6.07, 6.45) is 0. The lowest BCUT2D eigenvalue weighted by atomic mass is 10.2. The van der Waals surface area contributed by atoms with Gasteiger partial charge in [-0.25, -0.2) is 4.79 Å². The lowest BCUT2D eigenvalue weighted by Gasteiger charge is -2.12. The maximum atomic E-state index is 11.8. The molecule has 0 fully saturated rings. The molecule has 4 nitrogen and oxygen atoms in total. The zero-order valence-corrected chi connectivity index (χ0v) is 13.9. The van der Waals surface area contributed by atoms with E-state index in [1.807, 2.05) is 6.92 Å². The SMILES string of the molecule is Cc1c(Cl)cccc1NC(=O)NCOc1ccc(Cl)cc1Cl. The number of anilines is 1. The lowest BCUT2D eigenvalue weighted by Crippen LogP contribution is -2.32. The van der Waals surface area contributed by atoms with Gasteiger partial charge >= 0.3 is 6.03 Å². The predicted octanol–water partition coefficient (Wildman–Crippen LogP) is 5.11. The van der Waals surface area contributed by atoms with Gasteiger partial charge in [0.2, 0.25) is 0 Å². The van der Waals surface area contributed by atoms with Gasteiger partial charge in [-0.05, 0) is 42.8 Å². The number of amides is 2. The summed E-state index contributed by atoms with van der Waals surface area (Å²) in [5.41, 5.74) is 1.43. The number of carbonyl (C=O) groups is 1. The Morgan fingerprint density at radius 2 is 1.91 bits per heavy atom. The molecule has 2 aromatic carbocycles. The van der Waals surface area contributed by atoms with Crippen LogP contribution in [-0.2, 0) is 0 Å². The standard InChI is InChI=1S/C15H13Cl3N2O2/c1-9-11(17)3-2-4-13(9)20-15(21)19-8-22-14-6-5-10(16)7-12(14)18/h2-7H,8H2,1H3,(H2,19,20,21). The summed E-state index contributed by atoms with van der Waals surface area (Å²) in [4.78, 5) is 11.8. The summed E-state index contributed by atoms with van der Waals surface area (Å²) in [5, 5.41) is 6.73. The Labute approximate surface area is 143 Å². The van der Waals surface area contributed by atoms with Crippen molar-refractivity contribution >= 4 is 46.5 Å². The van der Waals surface area contributed by atoms with Gasteiger partial charge in [0.25, 0.3) is 0 Å². The highest BCUT2D eigenvalue weighted by Crippen LogP contribution is 2.27. The van der Waals surface area contributed by atoms with E-state index in [9.17, 15) is 4.79 Å². The average Bonchev–Trinajstić information content (AvgIpc) is 2.46. The summed E-state index contributed by atoms with van der Waals surface area (Å²) in [6.45, 7) is 1.79. The predicted molar refractivity (Wildman–Crippen MR) is 90.3 cm³/mol. The van der Waals surface area contributed by atoms with E-state index in [1.165, 1.54) is 0 Å². The van der Waals surface area contributed by atoms with Crippen LogP contribution < -0.4 is 15.4 Å². The molecule has 0 aromatic heterocycles. The molecule has 0 aliphatic carbocycles. The maximum absolute atomic E-state index is 11.8. The molecule has 0 spiro atoms. The van der Waals surface area contributed by atoms with Gasteiger partial charge < -0.3 is 15.4 Å². The molecule has 0 aliphatic rings. The van der Waals surface area contributed by atoms with Crippen LogP contribution in [0.1, 0.15) is 5.56 Å². The van der Waals surface area contributed by atoms with Crippen molar-refractivity contribution < 1.29 is 9.53 Å². The third-order valence-electron chi connectivity index (χ3n) is 2.87. The Morgan fingerprint density at radius 3 is 2.64 bits per heavy atom. The van der Waals surface area contributed by atoms with E-state index in [1.54, 1.807) is 36.4 Å². The Morgan fingerprint density at radius 1 is 1.14 bits per heavy atom. The molecule has 0 radical (unpaired) electrons. The smallest absolute Gasteiger partial charge is 0.321 e. The summed E-state index contributed by atoms with van der Waals surface area (Å²) < 4.78 is 5.37. The highest BCUT2D eigenvalue weighted by molar-refractivity contribution is 6.35. The molecular formula is C15H13Cl3N2O2. The molecule has 0 aliphatic heterocycles. The second-order valence-electron chi connectivity index (χ2n) is 4.41. The second-order valence-corrected chi connectivity index (χ2v) is 5.66. The highest BCUT2D eigenvalue weighted by Gasteiger charge is 2.07. The van der Waals surface area contributed by atoms with Gasteiger partial charge in [-0.3, -0.25) is 0 Å². The van der Waals surface area contributed by atoms with Gasteiger partial charge in [-0.2, -0.15) is 0 Å². The van der Waals surface area contributed by atoms with Crippen molar-refractivity contribution in [2.45, 2.75) is 6.92 Å². The summed E-state index contributed by atoms with van der Waals surface area (Å²) >= 11 is 17.7. The highest BCUT2D eigenvalue weighted by atomic mass is 35.5. The Hall–Kier alpha value is -1.62. The van der Waals surface area contributed by atoms with Crippen LogP contribution in [0.25, 0.3) is 0 Å². The molecule has 0 unspecified atom stereocenters. The van der Waals surface area contributed by atoms with Gasteiger partial charge in [-0.15, -0.1) is 0 Å². The van der Waals surface area contributed by atoms with Crippen LogP contribution in [0, 0.1) is 6.92 Å². The monoisotopic (exact) mass is 358 g/mol. The van der Waals surface area contributed by atoms with Gasteiger partial charge in [0.05, 0.1) is 5.02 Å². The number of rotatable bonds is 4. The zero-order chi connectivity index (χ0) is 16.1. The number of ether oxygens (including phenoxy) is 1. The third kappa shape index (κ3) is 4.44. The maximum Gasteiger partial charge on any atom is 0.321 e. The molecule has 2 aromatic rings. The minimum atomic E-state index is -0.407. The van der Waals surface area contributed by atoms with E-state index >= 15 is 0 Å². The summed E-state index contributed by atoms with van der Waals surface area (Å²) in [6, 6.07) is 9.71. The van der Waals surface area contributed by atoms with Crippen molar-refractivity contribution in [3.05, 3.63) is 57.0 Å². The molecule has 22 heavy (non-hydrogen) atoms. The van der Waals surface area contributed by atoms with Crippen LogP contribution in [-0.4, -0.2) is 12.8 Å². The summed E-state index contributed by atoms with van der Waals surface area (Å²) in [5.74, 6) is 0.435. The number of nitrogens with one attached hydrogen (secondary N) is 2. The van der Waals surface area contributed by atoms with Crippen LogP contribution in [0.15, 0.2) is 36.4 Å². The molecule has 0 atom stereocenters. The molecule has 116 valence electrons. The van der Waals surface area contributed by atoms with Crippen LogP contribution in [0.3, 0.4) is 0 Å². The first kappa shape index (κ1) is 16.7. The van der Waals surface area contributed by atoms with E-state index in [-0.39, 0.29) is 6.73 Å². The molecule has 0 saturated heterocycles. The van der Waals surface area contributed by atoms with E-state index in [4.69, 9.17) is 39.5 Å². The van der Waals surface area contributed by atoms with Crippen molar-refractivity contribution in [2.24, 2.45) is 0 Å². The topological polar surface area (TPSA) is 50.4 Å². The number of hydrogen-bond donors (Lipinski definition) is 2. The lowest BCUT2D eigenvalue weighted by molar-refractivity contribution is 0.234. The number of hydrogen-bond acceptors (Lipinski definition) is 2. The Balaban J connectivity index is 1.87. The molecule has 2 N–H and O–H groups in total.